The predicted molar refractivity (Wildman–Crippen MR) is 122 cm³/mol. The van der Waals surface area contributed by atoms with Crippen molar-refractivity contribution in [3.8, 4) is 17.2 Å². The minimum Gasteiger partial charge on any atom is -0.469 e. The number of rotatable bonds is 6. The SMILES string of the molecule is COC(=O)CCN1C=C(c2ccc(-c3ccc(C#N)cc3)cc2)N(c2ccccc2)C1. The van der Waals surface area contributed by atoms with Gasteiger partial charge in [-0.25, -0.2) is 0 Å². The highest BCUT2D eigenvalue weighted by atomic mass is 16.5. The first-order valence-corrected chi connectivity index (χ1v) is 10.1. The van der Waals surface area contributed by atoms with E-state index in [1.807, 2.05) is 42.5 Å². The lowest BCUT2D eigenvalue weighted by atomic mass is 10.0. The number of nitrogens with zero attached hydrogens (tertiary/aromatic N) is 3. The largest absolute Gasteiger partial charge is 0.469 e. The van der Waals surface area contributed by atoms with Gasteiger partial charge in [0.1, 0.15) is 0 Å². The van der Waals surface area contributed by atoms with Crippen LogP contribution in [0.2, 0.25) is 0 Å². The van der Waals surface area contributed by atoms with Gasteiger partial charge in [-0.1, -0.05) is 54.6 Å². The van der Waals surface area contributed by atoms with Crippen LogP contribution >= 0.6 is 0 Å². The first-order valence-electron chi connectivity index (χ1n) is 10.1. The van der Waals surface area contributed by atoms with E-state index in [2.05, 4.69) is 58.5 Å². The Balaban J connectivity index is 1.60. The number of anilines is 1. The van der Waals surface area contributed by atoms with Crippen molar-refractivity contribution in [3.05, 3.63) is 96.2 Å². The zero-order valence-corrected chi connectivity index (χ0v) is 17.4. The molecule has 0 aliphatic carbocycles. The molecule has 1 heterocycles. The lowest BCUT2D eigenvalue weighted by Crippen LogP contribution is -2.28. The summed E-state index contributed by atoms with van der Waals surface area (Å²) < 4.78 is 4.79. The van der Waals surface area contributed by atoms with Crippen molar-refractivity contribution in [3.63, 3.8) is 0 Å². The molecule has 1 aliphatic rings. The van der Waals surface area contributed by atoms with Crippen molar-refractivity contribution < 1.29 is 9.53 Å². The summed E-state index contributed by atoms with van der Waals surface area (Å²) in [5.41, 5.74) is 6.11. The molecule has 1 aliphatic heterocycles. The average Bonchev–Trinajstić information content (AvgIpc) is 3.27. The number of nitriles is 1. The summed E-state index contributed by atoms with van der Waals surface area (Å²) in [6.07, 6.45) is 2.45. The monoisotopic (exact) mass is 409 g/mol. The summed E-state index contributed by atoms with van der Waals surface area (Å²) in [7, 11) is 1.42. The molecular weight excluding hydrogens is 386 g/mol. The Hall–Kier alpha value is -4.04. The fourth-order valence-electron chi connectivity index (χ4n) is 3.64. The summed E-state index contributed by atoms with van der Waals surface area (Å²) >= 11 is 0. The zero-order chi connectivity index (χ0) is 21.6. The molecule has 3 aromatic rings. The number of hydrogen-bond acceptors (Lipinski definition) is 5. The van der Waals surface area contributed by atoms with E-state index in [1.54, 1.807) is 0 Å². The Kier molecular flexibility index (Phi) is 6.00. The smallest absolute Gasteiger partial charge is 0.307 e. The van der Waals surface area contributed by atoms with Crippen LogP contribution in [0.4, 0.5) is 5.69 Å². The second-order valence-electron chi connectivity index (χ2n) is 7.32. The second kappa shape index (κ2) is 9.19. The van der Waals surface area contributed by atoms with Gasteiger partial charge in [0, 0.05) is 18.4 Å². The van der Waals surface area contributed by atoms with Crippen molar-refractivity contribution in [2.45, 2.75) is 6.42 Å². The number of ether oxygens (including phenoxy) is 1. The van der Waals surface area contributed by atoms with E-state index in [0.717, 1.165) is 28.1 Å². The quantitative estimate of drug-likeness (QED) is 0.544. The first kappa shape index (κ1) is 20.2. The predicted octanol–water partition coefficient (Wildman–Crippen LogP) is 4.87. The molecule has 5 heteroatoms. The van der Waals surface area contributed by atoms with E-state index in [4.69, 9.17) is 10.00 Å². The van der Waals surface area contributed by atoms with Crippen LogP contribution in [0.3, 0.4) is 0 Å². The van der Waals surface area contributed by atoms with Gasteiger partial charge >= 0.3 is 5.97 Å². The fraction of sp³-hybridized carbons (Fsp3) is 0.154. The summed E-state index contributed by atoms with van der Waals surface area (Å²) in [5, 5.41) is 8.99. The number of methoxy groups -OCH3 is 1. The Bertz CT molecular complexity index is 1110. The molecule has 0 N–H and O–H groups in total. The normalized spacial score (nSPS) is 13.0. The van der Waals surface area contributed by atoms with Crippen molar-refractivity contribution in [1.82, 2.24) is 4.90 Å². The zero-order valence-electron chi connectivity index (χ0n) is 17.4. The highest BCUT2D eigenvalue weighted by Crippen LogP contribution is 2.32. The maximum absolute atomic E-state index is 11.6. The van der Waals surface area contributed by atoms with Crippen LogP contribution in [0, 0.1) is 11.3 Å². The molecule has 0 unspecified atom stereocenters. The number of carbonyl (C=O) groups excluding carboxylic acids is 1. The van der Waals surface area contributed by atoms with E-state index in [0.29, 0.717) is 25.2 Å². The Labute approximate surface area is 182 Å². The maximum Gasteiger partial charge on any atom is 0.307 e. The van der Waals surface area contributed by atoms with Gasteiger partial charge in [0.15, 0.2) is 0 Å². The Morgan fingerprint density at radius 3 is 2.16 bits per heavy atom. The number of para-hydroxylation sites is 1. The lowest BCUT2D eigenvalue weighted by molar-refractivity contribution is -0.140. The standard InChI is InChI=1S/C26H23N3O2/c1-31-26(30)15-16-28-18-25(29(19-28)24-5-3-2-4-6-24)23-13-11-22(12-14-23)21-9-7-20(17-27)8-10-21/h2-14,18H,15-16,19H2,1H3. The van der Waals surface area contributed by atoms with Crippen molar-refractivity contribution >= 4 is 17.4 Å². The molecule has 0 fully saturated rings. The van der Waals surface area contributed by atoms with Gasteiger partial charge in [-0.3, -0.25) is 4.79 Å². The Morgan fingerprint density at radius 1 is 0.935 bits per heavy atom. The van der Waals surface area contributed by atoms with Gasteiger partial charge in [0.25, 0.3) is 0 Å². The van der Waals surface area contributed by atoms with Crippen LogP contribution in [0.25, 0.3) is 16.8 Å². The summed E-state index contributed by atoms with van der Waals surface area (Å²) in [4.78, 5) is 16.0. The highest BCUT2D eigenvalue weighted by molar-refractivity contribution is 5.82. The summed E-state index contributed by atoms with van der Waals surface area (Å²) in [6.45, 7) is 1.27. The van der Waals surface area contributed by atoms with Crippen molar-refractivity contribution in [1.29, 1.82) is 5.26 Å². The van der Waals surface area contributed by atoms with E-state index < -0.39 is 0 Å². The fourth-order valence-corrected chi connectivity index (χ4v) is 3.64. The third-order valence-electron chi connectivity index (χ3n) is 5.35. The maximum atomic E-state index is 11.6. The molecule has 0 radical (unpaired) electrons. The lowest BCUT2D eigenvalue weighted by Gasteiger charge is -2.24. The second-order valence-corrected chi connectivity index (χ2v) is 7.32. The molecule has 0 spiro atoms. The Morgan fingerprint density at radius 2 is 1.55 bits per heavy atom. The third-order valence-corrected chi connectivity index (χ3v) is 5.35. The number of hydrogen-bond donors (Lipinski definition) is 0. The van der Waals surface area contributed by atoms with Crippen LogP contribution < -0.4 is 4.90 Å². The molecule has 31 heavy (non-hydrogen) atoms. The molecule has 0 bridgehead atoms. The van der Waals surface area contributed by atoms with E-state index in [1.165, 1.54) is 7.11 Å². The summed E-state index contributed by atoms with van der Waals surface area (Å²) in [5.74, 6) is -0.208. The van der Waals surface area contributed by atoms with E-state index in [9.17, 15) is 4.79 Å². The molecule has 3 aromatic carbocycles. The van der Waals surface area contributed by atoms with Gasteiger partial charge in [0.2, 0.25) is 0 Å². The number of esters is 1. The van der Waals surface area contributed by atoms with Crippen LogP contribution in [-0.4, -0.2) is 31.2 Å². The van der Waals surface area contributed by atoms with Gasteiger partial charge in [-0.15, -0.1) is 0 Å². The van der Waals surface area contributed by atoms with Crippen molar-refractivity contribution in [2.75, 3.05) is 25.2 Å². The molecular formula is C26H23N3O2. The van der Waals surface area contributed by atoms with Gasteiger partial charge in [-0.05, 0) is 41.0 Å². The topological polar surface area (TPSA) is 56.6 Å². The molecule has 0 saturated carbocycles. The highest BCUT2D eigenvalue weighted by Gasteiger charge is 2.24. The van der Waals surface area contributed by atoms with Crippen LogP contribution in [0.5, 0.6) is 0 Å². The molecule has 0 atom stereocenters. The molecule has 0 saturated heterocycles. The average molecular weight is 409 g/mol. The van der Waals surface area contributed by atoms with Crippen LogP contribution in [0.1, 0.15) is 17.5 Å². The van der Waals surface area contributed by atoms with Gasteiger partial charge in [-0.2, -0.15) is 5.26 Å². The van der Waals surface area contributed by atoms with Crippen molar-refractivity contribution in [2.24, 2.45) is 0 Å². The minimum absolute atomic E-state index is 0.208. The minimum atomic E-state index is -0.208. The van der Waals surface area contributed by atoms with E-state index in [-0.39, 0.29) is 5.97 Å². The van der Waals surface area contributed by atoms with Crippen LogP contribution in [0.15, 0.2) is 85.1 Å². The third kappa shape index (κ3) is 4.59. The first-order chi connectivity index (χ1) is 15.2. The van der Waals surface area contributed by atoms with Gasteiger partial charge in [0.05, 0.1) is 37.5 Å². The molecule has 0 amide bonds. The van der Waals surface area contributed by atoms with Gasteiger partial charge < -0.3 is 14.5 Å². The summed E-state index contributed by atoms with van der Waals surface area (Å²) in [6, 6.07) is 28.4. The number of benzene rings is 3. The number of carbonyl (C=O) groups is 1. The molecule has 0 aromatic heterocycles. The van der Waals surface area contributed by atoms with E-state index >= 15 is 0 Å². The van der Waals surface area contributed by atoms with Crippen LogP contribution in [-0.2, 0) is 9.53 Å². The molecule has 5 nitrogen and oxygen atoms in total. The molecule has 154 valence electrons. The molecule has 4 rings (SSSR count).